The molecule has 0 aliphatic carbocycles. The second kappa shape index (κ2) is 5.65. The van der Waals surface area contributed by atoms with Crippen LogP contribution in [0, 0.1) is 0 Å². The molecule has 1 unspecified atom stereocenters. The van der Waals surface area contributed by atoms with E-state index in [1.807, 2.05) is 6.92 Å². The van der Waals surface area contributed by atoms with E-state index < -0.39 is 5.60 Å². The van der Waals surface area contributed by atoms with Gasteiger partial charge in [0.2, 0.25) is 5.95 Å². The van der Waals surface area contributed by atoms with E-state index in [4.69, 9.17) is 10.8 Å². The predicted octanol–water partition coefficient (Wildman–Crippen LogP) is -0.354. The number of hydrogen-bond donors (Lipinski definition) is 5. The van der Waals surface area contributed by atoms with Crippen LogP contribution in [-0.4, -0.2) is 45.5 Å². The Balaban J connectivity index is 2.70. The first-order valence-electron chi connectivity index (χ1n) is 5.42. The number of anilines is 3. The molecule has 17 heavy (non-hydrogen) atoms. The van der Waals surface area contributed by atoms with E-state index in [1.54, 1.807) is 6.07 Å². The lowest BCUT2D eigenvalue weighted by molar-refractivity contribution is 0.0132. The molecule has 7 heteroatoms. The van der Waals surface area contributed by atoms with Crippen LogP contribution in [0.4, 0.5) is 17.6 Å². The molecule has 0 aromatic carbocycles. The Bertz CT molecular complexity index is 370. The number of nitrogen functional groups attached to an aromatic ring is 1. The number of nitrogens with two attached hydrogens (primary N) is 1. The van der Waals surface area contributed by atoms with Gasteiger partial charge in [-0.2, -0.15) is 9.97 Å². The minimum atomic E-state index is -1.20. The minimum absolute atomic E-state index is 0.148. The van der Waals surface area contributed by atoms with Crippen molar-refractivity contribution in [3.05, 3.63) is 6.07 Å². The summed E-state index contributed by atoms with van der Waals surface area (Å²) in [6, 6.07) is 1.69. The predicted molar refractivity (Wildman–Crippen MR) is 66.8 cm³/mol. The summed E-state index contributed by atoms with van der Waals surface area (Å²) in [6.07, 6.45) is 0. The molecule has 1 atom stereocenters. The Morgan fingerprint density at radius 3 is 2.47 bits per heavy atom. The summed E-state index contributed by atoms with van der Waals surface area (Å²) in [7, 11) is 0. The van der Waals surface area contributed by atoms with Crippen LogP contribution in [0.1, 0.15) is 13.8 Å². The lowest BCUT2D eigenvalue weighted by atomic mass is 10.1. The third-order valence-electron chi connectivity index (χ3n) is 2.09. The first-order chi connectivity index (χ1) is 7.96. The number of aliphatic hydroxyl groups is 2. The van der Waals surface area contributed by atoms with E-state index >= 15 is 0 Å². The maximum Gasteiger partial charge on any atom is 0.223 e. The molecule has 1 aromatic heterocycles. The highest BCUT2D eigenvalue weighted by atomic mass is 16.3. The Labute approximate surface area is 100 Å². The molecule has 7 nitrogen and oxygen atoms in total. The lowest BCUT2D eigenvalue weighted by Gasteiger charge is -2.21. The number of hydrogen-bond acceptors (Lipinski definition) is 7. The van der Waals surface area contributed by atoms with Crippen molar-refractivity contribution in [2.24, 2.45) is 0 Å². The SMILES string of the molecule is CCNc1cc(NCC(C)(O)CO)nc(N)n1. The van der Waals surface area contributed by atoms with Gasteiger partial charge in [-0.1, -0.05) is 0 Å². The van der Waals surface area contributed by atoms with Gasteiger partial charge in [-0.05, 0) is 13.8 Å². The molecular weight excluding hydrogens is 222 g/mol. The van der Waals surface area contributed by atoms with Crippen LogP contribution in [0.15, 0.2) is 6.07 Å². The fourth-order valence-corrected chi connectivity index (χ4v) is 1.16. The molecule has 0 aliphatic heterocycles. The lowest BCUT2D eigenvalue weighted by Crippen LogP contribution is -2.37. The van der Waals surface area contributed by atoms with Crippen LogP contribution >= 0.6 is 0 Å². The van der Waals surface area contributed by atoms with Gasteiger partial charge < -0.3 is 26.6 Å². The molecular formula is C10H19N5O2. The van der Waals surface area contributed by atoms with Gasteiger partial charge in [0.05, 0.1) is 6.61 Å². The van der Waals surface area contributed by atoms with Crippen molar-refractivity contribution >= 4 is 17.6 Å². The molecule has 0 aliphatic rings. The summed E-state index contributed by atoms with van der Waals surface area (Å²) in [5.41, 5.74) is 4.35. The zero-order chi connectivity index (χ0) is 12.9. The van der Waals surface area contributed by atoms with Crippen LogP contribution in [0.25, 0.3) is 0 Å². The number of aliphatic hydroxyl groups excluding tert-OH is 1. The Hall–Kier alpha value is -1.60. The van der Waals surface area contributed by atoms with Crippen LogP contribution in [0.2, 0.25) is 0 Å². The van der Waals surface area contributed by atoms with Crippen molar-refractivity contribution in [3.8, 4) is 0 Å². The molecule has 0 saturated heterocycles. The first kappa shape index (κ1) is 13.5. The van der Waals surface area contributed by atoms with Crippen LogP contribution < -0.4 is 16.4 Å². The van der Waals surface area contributed by atoms with E-state index in [0.717, 1.165) is 6.54 Å². The Morgan fingerprint density at radius 2 is 1.94 bits per heavy atom. The van der Waals surface area contributed by atoms with Crippen LogP contribution in [0.3, 0.4) is 0 Å². The molecule has 0 fully saturated rings. The average molecular weight is 241 g/mol. The summed E-state index contributed by atoms with van der Waals surface area (Å²) in [5, 5.41) is 24.4. The summed E-state index contributed by atoms with van der Waals surface area (Å²) < 4.78 is 0. The zero-order valence-corrected chi connectivity index (χ0v) is 10.1. The van der Waals surface area contributed by atoms with Crippen molar-refractivity contribution in [2.75, 3.05) is 36.1 Å². The van der Waals surface area contributed by atoms with Crippen LogP contribution in [0.5, 0.6) is 0 Å². The normalized spacial score (nSPS) is 14.1. The van der Waals surface area contributed by atoms with E-state index in [-0.39, 0.29) is 19.1 Å². The third kappa shape index (κ3) is 4.41. The van der Waals surface area contributed by atoms with E-state index in [2.05, 4.69) is 20.6 Å². The summed E-state index contributed by atoms with van der Waals surface area (Å²) >= 11 is 0. The van der Waals surface area contributed by atoms with Crippen LogP contribution in [-0.2, 0) is 0 Å². The highest BCUT2D eigenvalue weighted by Gasteiger charge is 2.18. The number of nitrogens with zero attached hydrogens (tertiary/aromatic N) is 2. The smallest absolute Gasteiger partial charge is 0.223 e. The zero-order valence-electron chi connectivity index (χ0n) is 10.1. The second-order valence-electron chi connectivity index (χ2n) is 4.04. The van der Waals surface area contributed by atoms with Gasteiger partial charge in [-0.25, -0.2) is 0 Å². The van der Waals surface area contributed by atoms with Crippen molar-refractivity contribution < 1.29 is 10.2 Å². The third-order valence-corrected chi connectivity index (χ3v) is 2.09. The van der Waals surface area contributed by atoms with Crippen molar-refractivity contribution in [1.82, 2.24) is 9.97 Å². The highest BCUT2D eigenvalue weighted by Crippen LogP contribution is 2.13. The largest absolute Gasteiger partial charge is 0.393 e. The Morgan fingerprint density at radius 1 is 1.35 bits per heavy atom. The quantitative estimate of drug-likeness (QED) is 0.462. The fourth-order valence-electron chi connectivity index (χ4n) is 1.16. The molecule has 1 heterocycles. The van der Waals surface area contributed by atoms with Crippen molar-refractivity contribution in [3.63, 3.8) is 0 Å². The number of nitrogens with one attached hydrogen (secondary N) is 2. The van der Waals surface area contributed by atoms with Gasteiger partial charge in [0, 0.05) is 19.2 Å². The maximum absolute atomic E-state index is 9.62. The molecule has 6 N–H and O–H groups in total. The second-order valence-corrected chi connectivity index (χ2v) is 4.04. The summed E-state index contributed by atoms with van der Waals surface area (Å²) in [4.78, 5) is 7.97. The topological polar surface area (TPSA) is 116 Å². The molecule has 0 saturated carbocycles. The van der Waals surface area contributed by atoms with E-state index in [0.29, 0.717) is 11.6 Å². The van der Waals surface area contributed by atoms with Gasteiger partial charge in [0.1, 0.15) is 17.2 Å². The summed E-state index contributed by atoms with van der Waals surface area (Å²) in [6.45, 7) is 4.04. The molecule has 1 aromatic rings. The molecule has 0 spiro atoms. The maximum atomic E-state index is 9.62. The molecule has 0 bridgehead atoms. The van der Waals surface area contributed by atoms with E-state index in [1.165, 1.54) is 6.92 Å². The van der Waals surface area contributed by atoms with Gasteiger partial charge in [-0.3, -0.25) is 0 Å². The number of aromatic nitrogens is 2. The van der Waals surface area contributed by atoms with Gasteiger partial charge in [0.15, 0.2) is 0 Å². The number of rotatable bonds is 6. The minimum Gasteiger partial charge on any atom is -0.393 e. The summed E-state index contributed by atoms with van der Waals surface area (Å²) in [5.74, 6) is 1.27. The molecule has 96 valence electrons. The van der Waals surface area contributed by atoms with Crippen molar-refractivity contribution in [2.45, 2.75) is 19.4 Å². The average Bonchev–Trinajstić information content (AvgIpc) is 2.26. The molecule has 0 radical (unpaired) electrons. The monoisotopic (exact) mass is 241 g/mol. The first-order valence-corrected chi connectivity index (χ1v) is 5.42. The van der Waals surface area contributed by atoms with Gasteiger partial charge in [0.25, 0.3) is 0 Å². The highest BCUT2D eigenvalue weighted by molar-refractivity contribution is 5.51. The fraction of sp³-hybridized carbons (Fsp3) is 0.600. The standard InChI is InChI=1S/C10H19N5O2/c1-3-12-7-4-8(15-9(11)14-7)13-5-10(2,17)6-16/h4,16-17H,3,5-6H2,1-2H3,(H4,11,12,13,14,15). The van der Waals surface area contributed by atoms with Crippen molar-refractivity contribution in [1.29, 1.82) is 0 Å². The van der Waals surface area contributed by atoms with Gasteiger partial charge >= 0.3 is 0 Å². The van der Waals surface area contributed by atoms with E-state index in [9.17, 15) is 5.11 Å². The molecule has 1 rings (SSSR count). The van der Waals surface area contributed by atoms with Gasteiger partial charge in [-0.15, -0.1) is 0 Å². The molecule has 0 amide bonds. The Kier molecular flexibility index (Phi) is 4.47.